The normalized spacial score (nSPS) is 18.4. The Morgan fingerprint density at radius 2 is 2.12 bits per heavy atom. The van der Waals surface area contributed by atoms with Crippen LogP contribution in [0.5, 0.6) is 5.75 Å². The Balaban J connectivity index is 1.67. The zero-order valence-corrected chi connectivity index (χ0v) is 15.2. The molecule has 3 N–H and O–H groups in total. The molecule has 0 aliphatic carbocycles. The van der Waals surface area contributed by atoms with Crippen LogP contribution in [0.25, 0.3) is 0 Å². The minimum atomic E-state index is -3.68. The number of carbonyl (C=O) groups excluding carboxylic acids is 1. The lowest BCUT2D eigenvalue weighted by atomic mass is 10.2. The predicted octanol–water partition coefficient (Wildman–Crippen LogP) is 0.266. The van der Waals surface area contributed by atoms with Crippen molar-refractivity contribution >= 4 is 27.7 Å². The molecule has 0 spiro atoms. The fourth-order valence-electron chi connectivity index (χ4n) is 2.40. The second-order valence-corrected chi connectivity index (χ2v) is 8.22. The largest absolute Gasteiger partial charge is 0.493 e. The lowest BCUT2D eigenvalue weighted by Crippen LogP contribution is -2.52. The number of hydrogen-bond donors (Lipinski definition) is 2. The Morgan fingerprint density at radius 1 is 1.42 bits per heavy atom. The number of piperazine rings is 1. The van der Waals surface area contributed by atoms with Crippen LogP contribution in [0.4, 0.5) is 0 Å². The second kappa shape index (κ2) is 8.70. The van der Waals surface area contributed by atoms with Gasteiger partial charge in [0.05, 0.1) is 17.3 Å². The van der Waals surface area contributed by atoms with E-state index in [0.717, 1.165) is 19.6 Å². The van der Waals surface area contributed by atoms with Gasteiger partial charge in [0.2, 0.25) is 15.9 Å². The van der Waals surface area contributed by atoms with Gasteiger partial charge < -0.3 is 15.0 Å². The van der Waals surface area contributed by atoms with E-state index >= 15 is 0 Å². The van der Waals surface area contributed by atoms with E-state index < -0.39 is 10.0 Å². The summed E-state index contributed by atoms with van der Waals surface area (Å²) in [5.41, 5.74) is 0. The molecule has 0 aromatic heterocycles. The molecule has 1 atom stereocenters. The van der Waals surface area contributed by atoms with E-state index in [4.69, 9.17) is 9.88 Å². The number of hydrogen-bond acceptors (Lipinski definition) is 6. The number of thioether (sulfide) groups is 1. The highest BCUT2D eigenvalue weighted by molar-refractivity contribution is 7.99. The predicted molar refractivity (Wildman–Crippen MR) is 94.7 cm³/mol. The monoisotopic (exact) mass is 373 g/mol. The molecule has 134 valence electrons. The van der Waals surface area contributed by atoms with Crippen LogP contribution in [-0.4, -0.2) is 63.0 Å². The lowest BCUT2D eigenvalue weighted by molar-refractivity contribution is -0.131. The van der Waals surface area contributed by atoms with E-state index in [1.54, 1.807) is 12.1 Å². The Kier molecular flexibility index (Phi) is 6.90. The summed E-state index contributed by atoms with van der Waals surface area (Å²) >= 11 is 1.53. The summed E-state index contributed by atoms with van der Waals surface area (Å²) in [5.74, 6) is 1.86. The second-order valence-electron chi connectivity index (χ2n) is 5.56. The topological polar surface area (TPSA) is 102 Å². The van der Waals surface area contributed by atoms with Gasteiger partial charge in [-0.1, -0.05) is 0 Å². The van der Waals surface area contributed by atoms with Gasteiger partial charge in [0.1, 0.15) is 5.75 Å². The standard InChI is InChI=1S/C15H23N3O4S2/c1-12-10-17-6-7-18(12)15(19)11-23-9-8-22-13-2-4-14(5-3-13)24(16,20)21/h2-5,12,17H,6-11H2,1H3,(H2,16,20,21)/t12-/m0/s1. The van der Waals surface area contributed by atoms with Gasteiger partial charge in [0.25, 0.3) is 0 Å². The number of benzene rings is 1. The van der Waals surface area contributed by atoms with E-state index in [0.29, 0.717) is 23.9 Å². The first-order valence-electron chi connectivity index (χ1n) is 7.71. The van der Waals surface area contributed by atoms with Gasteiger partial charge in [0.15, 0.2) is 0 Å². The summed E-state index contributed by atoms with van der Waals surface area (Å²) in [6.45, 7) is 4.94. The van der Waals surface area contributed by atoms with Crippen LogP contribution in [0.1, 0.15) is 6.92 Å². The van der Waals surface area contributed by atoms with E-state index in [-0.39, 0.29) is 16.8 Å². The lowest BCUT2D eigenvalue weighted by Gasteiger charge is -2.33. The zero-order chi connectivity index (χ0) is 17.6. The minimum absolute atomic E-state index is 0.0555. The third kappa shape index (κ3) is 5.66. The summed E-state index contributed by atoms with van der Waals surface area (Å²) in [6.07, 6.45) is 0. The molecule has 2 rings (SSSR count). The number of rotatable bonds is 7. The Labute approximate surface area is 147 Å². The van der Waals surface area contributed by atoms with Gasteiger partial charge in [0, 0.05) is 31.4 Å². The molecule has 1 saturated heterocycles. The minimum Gasteiger partial charge on any atom is -0.493 e. The van der Waals surface area contributed by atoms with Gasteiger partial charge in [-0.15, -0.1) is 11.8 Å². The Morgan fingerprint density at radius 3 is 2.75 bits per heavy atom. The molecule has 7 nitrogen and oxygen atoms in total. The molecule has 1 heterocycles. The molecule has 1 aliphatic rings. The number of nitrogens with zero attached hydrogens (tertiary/aromatic N) is 1. The summed E-state index contributed by atoms with van der Waals surface area (Å²) in [4.78, 5) is 14.1. The fourth-order valence-corrected chi connectivity index (χ4v) is 3.60. The van der Waals surface area contributed by atoms with Crippen molar-refractivity contribution in [3.05, 3.63) is 24.3 Å². The van der Waals surface area contributed by atoms with Crippen molar-refractivity contribution in [2.24, 2.45) is 5.14 Å². The molecule has 0 radical (unpaired) electrons. The van der Waals surface area contributed by atoms with Crippen LogP contribution in [0.15, 0.2) is 29.2 Å². The number of primary sulfonamides is 1. The SMILES string of the molecule is C[C@H]1CNCCN1C(=O)CSCCOc1ccc(S(N)(=O)=O)cc1. The maximum atomic E-state index is 12.1. The van der Waals surface area contributed by atoms with Crippen LogP contribution >= 0.6 is 11.8 Å². The summed E-state index contributed by atoms with van der Waals surface area (Å²) in [6, 6.07) is 6.19. The van der Waals surface area contributed by atoms with Crippen LogP contribution in [0.2, 0.25) is 0 Å². The Bertz CT molecular complexity index is 649. The van der Waals surface area contributed by atoms with E-state index in [1.165, 1.54) is 23.9 Å². The summed E-state index contributed by atoms with van der Waals surface area (Å²) in [7, 11) is -3.68. The summed E-state index contributed by atoms with van der Waals surface area (Å²) < 4.78 is 27.8. The third-order valence-corrected chi connectivity index (χ3v) is 5.53. The molecule has 1 aromatic carbocycles. The van der Waals surface area contributed by atoms with Crippen molar-refractivity contribution in [3.8, 4) is 5.75 Å². The molecule has 9 heteroatoms. The average Bonchev–Trinajstić information content (AvgIpc) is 2.54. The molecule has 1 fully saturated rings. The highest BCUT2D eigenvalue weighted by Gasteiger charge is 2.22. The van der Waals surface area contributed by atoms with Gasteiger partial charge >= 0.3 is 0 Å². The number of nitrogens with one attached hydrogen (secondary N) is 1. The van der Waals surface area contributed by atoms with E-state index in [9.17, 15) is 13.2 Å². The number of ether oxygens (including phenoxy) is 1. The number of nitrogens with two attached hydrogens (primary N) is 1. The molecule has 1 aromatic rings. The maximum absolute atomic E-state index is 12.1. The van der Waals surface area contributed by atoms with E-state index in [2.05, 4.69) is 5.32 Å². The highest BCUT2D eigenvalue weighted by Crippen LogP contribution is 2.15. The molecule has 0 unspecified atom stereocenters. The van der Waals surface area contributed by atoms with Gasteiger partial charge in [-0.2, -0.15) is 0 Å². The number of amides is 1. The molecule has 1 amide bonds. The van der Waals surface area contributed by atoms with Crippen molar-refractivity contribution in [3.63, 3.8) is 0 Å². The van der Waals surface area contributed by atoms with Gasteiger partial charge in [-0.3, -0.25) is 4.79 Å². The summed E-state index contributed by atoms with van der Waals surface area (Å²) in [5, 5.41) is 8.30. The average molecular weight is 374 g/mol. The van der Waals surface area contributed by atoms with Crippen molar-refractivity contribution in [2.75, 3.05) is 37.7 Å². The van der Waals surface area contributed by atoms with Crippen molar-refractivity contribution in [1.82, 2.24) is 10.2 Å². The van der Waals surface area contributed by atoms with Crippen molar-refractivity contribution in [2.45, 2.75) is 17.9 Å². The number of carbonyl (C=O) groups is 1. The van der Waals surface area contributed by atoms with Crippen LogP contribution in [-0.2, 0) is 14.8 Å². The Hall–Kier alpha value is -1.29. The zero-order valence-electron chi connectivity index (χ0n) is 13.6. The highest BCUT2D eigenvalue weighted by atomic mass is 32.2. The molecule has 1 aliphatic heterocycles. The molecule has 24 heavy (non-hydrogen) atoms. The first kappa shape index (κ1) is 19.0. The molecular formula is C15H23N3O4S2. The third-order valence-electron chi connectivity index (χ3n) is 3.70. The van der Waals surface area contributed by atoms with Crippen LogP contribution in [0, 0.1) is 0 Å². The first-order valence-corrected chi connectivity index (χ1v) is 10.4. The quantitative estimate of drug-likeness (QED) is 0.665. The molecular weight excluding hydrogens is 350 g/mol. The maximum Gasteiger partial charge on any atom is 0.238 e. The fraction of sp³-hybridized carbons (Fsp3) is 0.533. The van der Waals surface area contributed by atoms with Gasteiger partial charge in [-0.05, 0) is 31.2 Å². The first-order chi connectivity index (χ1) is 11.4. The number of sulfonamides is 1. The van der Waals surface area contributed by atoms with Crippen molar-refractivity contribution in [1.29, 1.82) is 0 Å². The van der Waals surface area contributed by atoms with E-state index in [1.807, 2.05) is 11.8 Å². The smallest absolute Gasteiger partial charge is 0.238 e. The van der Waals surface area contributed by atoms with Crippen LogP contribution < -0.4 is 15.2 Å². The molecule has 0 bridgehead atoms. The molecule has 0 saturated carbocycles. The van der Waals surface area contributed by atoms with Crippen LogP contribution in [0.3, 0.4) is 0 Å². The van der Waals surface area contributed by atoms with Crippen molar-refractivity contribution < 1.29 is 17.9 Å². The van der Waals surface area contributed by atoms with Gasteiger partial charge in [-0.25, -0.2) is 13.6 Å².